The molecule has 0 fully saturated rings. The number of para-hydroxylation sites is 1. The van der Waals surface area contributed by atoms with E-state index < -0.39 is 10.0 Å². The van der Waals surface area contributed by atoms with Gasteiger partial charge in [0.05, 0.1) is 5.52 Å². The standard InChI is InChI=1S/C13H17N3O2S.ClH/c14-8-1-2-10-16-19(17,18)12-7-3-5-11-6-4-9-15-13(11)12;/h3-7,9,16H,1-2,8,10,14H2;1H. The van der Waals surface area contributed by atoms with Crippen molar-refractivity contribution >= 4 is 33.3 Å². The zero-order chi connectivity index (χ0) is 13.7. The SMILES string of the molecule is Cl.NCCCCNS(=O)(=O)c1cccc2cccnc12. The number of nitrogens with one attached hydrogen (secondary N) is 1. The van der Waals surface area contributed by atoms with Gasteiger partial charge in [-0.3, -0.25) is 4.98 Å². The van der Waals surface area contributed by atoms with Crippen LogP contribution in [0.1, 0.15) is 12.8 Å². The molecule has 110 valence electrons. The number of sulfonamides is 1. The molecule has 3 N–H and O–H groups in total. The molecule has 0 amide bonds. The summed E-state index contributed by atoms with van der Waals surface area (Å²) < 4.78 is 27.0. The molecule has 0 unspecified atom stereocenters. The molecule has 0 bridgehead atoms. The van der Waals surface area contributed by atoms with Gasteiger partial charge in [-0.05, 0) is 31.5 Å². The highest BCUT2D eigenvalue weighted by atomic mass is 35.5. The maximum absolute atomic E-state index is 12.2. The molecule has 0 aliphatic heterocycles. The third-order valence-electron chi connectivity index (χ3n) is 2.81. The number of fused-ring (bicyclic) bond motifs is 1. The van der Waals surface area contributed by atoms with E-state index in [9.17, 15) is 8.42 Å². The summed E-state index contributed by atoms with van der Waals surface area (Å²) in [6.07, 6.45) is 3.13. The van der Waals surface area contributed by atoms with Gasteiger partial charge in [-0.15, -0.1) is 12.4 Å². The van der Waals surface area contributed by atoms with Gasteiger partial charge >= 0.3 is 0 Å². The molecule has 0 atom stereocenters. The maximum atomic E-state index is 12.2. The van der Waals surface area contributed by atoms with E-state index in [0.29, 0.717) is 18.6 Å². The Hall–Kier alpha value is -1.21. The van der Waals surface area contributed by atoms with Gasteiger partial charge in [0.1, 0.15) is 4.90 Å². The molecule has 2 rings (SSSR count). The van der Waals surface area contributed by atoms with Crippen molar-refractivity contribution in [3.05, 3.63) is 36.5 Å². The van der Waals surface area contributed by atoms with Crippen LogP contribution in [0, 0.1) is 0 Å². The van der Waals surface area contributed by atoms with Crippen LogP contribution in [0.3, 0.4) is 0 Å². The largest absolute Gasteiger partial charge is 0.330 e. The minimum absolute atomic E-state index is 0. The second-order valence-corrected chi connectivity index (χ2v) is 5.96. The van der Waals surface area contributed by atoms with Gasteiger partial charge in [0.25, 0.3) is 0 Å². The van der Waals surface area contributed by atoms with Crippen LogP contribution in [-0.2, 0) is 10.0 Å². The molecule has 20 heavy (non-hydrogen) atoms. The summed E-state index contributed by atoms with van der Waals surface area (Å²) in [5.41, 5.74) is 5.87. The predicted molar refractivity (Wildman–Crippen MR) is 82.5 cm³/mol. The van der Waals surface area contributed by atoms with Crippen LogP contribution >= 0.6 is 12.4 Å². The number of pyridine rings is 1. The lowest BCUT2D eigenvalue weighted by Crippen LogP contribution is -2.25. The maximum Gasteiger partial charge on any atom is 0.242 e. The van der Waals surface area contributed by atoms with Gasteiger partial charge in [0.2, 0.25) is 10.0 Å². The molecular weight excluding hydrogens is 298 g/mol. The molecule has 2 aromatic rings. The first-order valence-electron chi connectivity index (χ1n) is 6.18. The van der Waals surface area contributed by atoms with Crippen molar-refractivity contribution in [3.8, 4) is 0 Å². The highest BCUT2D eigenvalue weighted by molar-refractivity contribution is 7.89. The summed E-state index contributed by atoms with van der Waals surface area (Å²) in [4.78, 5) is 4.37. The second kappa shape index (κ2) is 7.54. The van der Waals surface area contributed by atoms with Crippen molar-refractivity contribution in [2.45, 2.75) is 17.7 Å². The molecule has 7 heteroatoms. The first-order chi connectivity index (χ1) is 9.15. The van der Waals surface area contributed by atoms with Gasteiger partial charge in [0.15, 0.2) is 0 Å². The number of aromatic nitrogens is 1. The summed E-state index contributed by atoms with van der Waals surface area (Å²) in [7, 11) is -3.52. The molecule has 0 spiro atoms. The number of rotatable bonds is 6. The summed E-state index contributed by atoms with van der Waals surface area (Å²) >= 11 is 0. The highest BCUT2D eigenvalue weighted by Gasteiger charge is 2.17. The van der Waals surface area contributed by atoms with Crippen molar-refractivity contribution < 1.29 is 8.42 Å². The lowest BCUT2D eigenvalue weighted by atomic mass is 10.2. The number of unbranched alkanes of at least 4 members (excludes halogenated alkanes) is 1. The van der Waals surface area contributed by atoms with E-state index in [4.69, 9.17) is 5.73 Å². The van der Waals surface area contributed by atoms with Crippen LogP contribution in [-0.4, -0.2) is 26.5 Å². The van der Waals surface area contributed by atoms with Crippen LogP contribution in [0.5, 0.6) is 0 Å². The Kier molecular flexibility index (Phi) is 6.35. The smallest absolute Gasteiger partial charge is 0.242 e. The van der Waals surface area contributed by atoms with Crippen molar-refractivity contribution in [2.24, 2.45) is 5.73 Å². The van der Waals surface area contributed by atoms with Crippen molar-refractivity contribution in [1.29, 1.82) is 0 Å². The molecule has 1 heterocycles. The molecule has 0 saturated heterocycles. The summed E-state index contributed by atoms with van der Waals surface area (Å²) in [5, 5.41) is 0.812. The molecule has 0 saturated carbocycles. The van der Waals surface area contributed by atoms with Crippen molar-refractivity contribution in [2.75, 3.05) is 13.1 Å². The van der Waals surface area contributed by atoms with E-state index in [1.165, 1.54) is 0 Å². The average Bonchev–Trinajstić information content (AvgIpc) is 2.43. The molecule has 0 aliphatic carbocycles. The average molecular weight is 316 g/mol. The Morgan fingerprint density at radius 2 is 1.90 bits per heavy atom. The first-order valence-corrected chi connectivity index (χ1v) is 7.67. The second-order valence-electron chi connectivity index (χ2n) is 4.22. The molecular formula is C13H18ClN3O2S. The van der Waals surface area contributed by atoms with E-state index in [1.807, 2.05) is 12.1 Å². The number of hydrogen-bond donors (Lipinski definition) is 2. The molecule has 0 radical (unpaired) electrons. The van der Waals surface area contributed by atoms with Crippen LogP contribution in [0.25, 0.3) is 10.9 Å². The number of nitrogens with zero attached hydrogens (tertiary/aromatic N) is 1. The van der Waals surface area contributed by atoms with E-state index in [2.05, 4.69) is 9.71 Å². The van der Waals surface area contributed by atoms with Gasteiger partial charge in [-0.25, -0.2) is 13.1 Å². The molecule has 0 aliphatic rings. The molecule has 1 aromatic heterocycles. The Morgan fingerprint density at radius 1 is 1.15 bits per heavy atom. The lowest BCUT2D eigenvalue weighted by Gasteiger charge is -2.08. The quantitative estimate of drug-likeness (QED) is 0.794. The monoisotopic (exact) mass is 315 g/mol. The van der Waals surface area contributed by atoms with Crippen LogP contribution < -0.4 is 10.5 Å². The molecule has 1 aromatic carbocycles. The zero-order valence-corrected chi connectivity index (χ0v) is 12.6. The van der Waals surface area contributed by atoms with E-state index in [0.717, 1.165) is 18.2 Å². The van der Waals surface area contributed by atoms with E-state index in [-0.39, 0.29) is 17.3 Å². The number of hydrogen-bond acceptors (Lipinski definition) is 4. The Balaban J connectivity index is 0.00000200. The number of benzene rings is 1. The fourth-order valence-electron chi connectivity index (χ4n) is 1.85. The van der Waals surface area contributed by atoms with Crippen LogP contribution in [0.4, 0.5) is 0 Å². The van der Waals surface area contributed by atoms with Gasteiger partial charge in [0, 0.05) is 18.1 Å². The number of nitrogens with two attached hydrogens (primary N) is 1. The van der Waals surface area contributed by atoms with Crippen molar-refractivity contribution in [3.63, 3.8) is 0 Å². The van der Waals surface area contributed by atoms with Crippen molar-refractivity contribution in [1.82, 2.24) is 9.71 Å². The third-order valence-corrected chi connectivity index (χ3v) is 4.30. The van der Waals surface area contributed by atoms with E-state index >= 15 is 0 Å². The topological polar surface area (TPSA) is 85.1 Å². The fraction of sp³-hybridized carbons (Fsp3) is 0.308. The Labute approximate surface area is 125 Å². The summed E-state index contributed by atoms with van der Waals surface area (Å²) in [6.45, 7) is 0.959. The Bertz CT molecular complexity index is 656. The number of halogens is 1. The predicted octanol–water partition coefficient (Wildman–Crippen LogP) is 1.67. The first kappa shape index (κ1) is 16.8. The minimum atomic E-state index is -3.52. The fourth-order valence-corrected chi connectivity index (χ4v) is 3.10. The van der Waals surface area contributed by atoms with Gasteiger partial charge in [-0.1, -0.05) is 18.2 Å². The van der Waals surface area contributed by atoms with Crippen LogP contribution in [0.2, 0.25) is 0 Å². The normalized spacial score (nSPS) is 11.2. The van der Waals surface area contributed by atoms with Crippen LogP contribution in [0.15, 0.2) is 41.4 Å². The van der Waals surface area contributed by atoms with Gasteiger partial charge < -0.3 is 5.73 Å². The Morgan fingerprint density at radius 3 is 2.65 bits per heavy atom. The molecule has 5 nitrogen and oxygen atoms in total. The van der Waals surface area contributed by atoms with E-state index in [1.54, 1.807) is 24.4 Å². The lowest BCUT2D eigenvalue weighted by molar-refractivity contribution is 0.578. The minimum Gasteiger partial charge on any atom is -0.330 e. The summed E-state index contributed by atoms with van der Waals surface area (Å²) in [6, 6.07) is 8.76. The summed E-state index contributed by atoms with van der Waals surface area (Å²) in [5.74, 6) is 0. The third kappa shape index (κ3) is 3.89. The van der Waals surface area contributed by atoms with Gasteiger partial charge in [-0.2, -0.15) is 0 Å². The zero-order valence-electron chi connectivity index (χ0n) is 11.0. The highest BCUT2D eigenvalue weighted by Crippen LogP contribution is 2.20.